The smallest absolute Gasteiger partial charge is 0.387 e. The summed E-state index contributed by atoms with van der Waals surface area (Å²) < 4.78 is 55.5. The number of hydrogen-bond acceptors (Lipinski definition) is 4. The van der Waals surface area contributed by atoms with Gasteiger partial charge in [0.15, 0.2) is 0 Å². The van der Waals surface area contributed by atoms with Crippen LogP contribution in [0.1, 0.15) is 20.3 Å². The van der Waals surface area contributed by atoms with E-state index in [1.54, 1.807) is 0 Å². The lowest BCUT2D eigenvalue weighted by atomic mass is 10.1. The van der Waals surface area contributed by atoms with Crippen LogP contribution in [-0.2, 0) is 10.0 Å². The monoisotopic (exact) mass is 392 g/mol. The summed E-state index contributed by atoms with van der Waals surface area (Å²) in [6.45, 7) is 1.01. The first-order valence-corrected chi connectivity index (χ1v) is 8.48. The second-order valence-electron chi connectivity index (χ2n) is 5.15. The Labute approximate surface area is 146 Å². The van der Waals surface area contributed by atoms with E-state index in [0.717, 1.165) is 18.2 Å². The minimum atomic E-state index is -3.84. The van der Waals surface area contributed by atoms with Crippen LogP contribution in [0.2, 0.25) is 5.02 Å². The van der Waals surface area contributed by atoms with E-state index < -0.39 is 22.7 Å². The third-order valence-electron chi connectivity index (χ3n) is 2.79. The quantitative estimate of drug-likeness (QED) is 0.712. The molecule has 0 saturated carbocycles. The Morgan fingerprint density at radius 2 is 1.96 bits per heavy atom. The molecule has 0 radical (unpaired) electrons. The van der Waals surface area contributed by atoms with E-state index >= 15 is 0 Å². The molecule has 1 aromatic carbocycles. The maximum Gasteiger partial charge on any atom is 0.387 e. The van der Waals surface area contributed by atoms with Gasteiger partial charge in [-0.1, -0.05) is 25.4 Å². The van der Waals surface area contributed by atoms with E-state index in [4.69, 9.17) is 17.3 Å². The molecule has 0 amide bonds. The van der Waals surface area contributed by atoms with E-state index in [-0.39, 0.29) is 40.5 Å². The highest BCUT2D eigenvalue weighted by Gasteiger charge is 2.21. The second kappa shape index (κ2) is 9.58. The van der Waals surface area contributed by atoms with Crippen LogP contribution in [-0.4, -0.2) is 27.6 Å². The lowest BCUT2D eigenvalue weighted by Gasteiger charge is -2.19. The topological polar surface area (TPSA) is 81.4 Å². The number of sulfonamides is 1. The molecule has 0 fully saturated rings. The summed E-state index contributed by atoms with van der Waals surface area (Å²) >= 11 is 5.76. The predicted molar refractivity (Wildman–Crippen MR) is 88.0 cm³/mol. The van der Waals surface area contributed by atoms with Gasteiger partial charge in [-0.2, -0.15) is 8.78 Å². The fourth-order valence-electron chi connectivity index (χ4n) is 1.89. The lowest BCUT2D eigenvalue weighted by Crippen LogP contribution is -2.40. The van der Waals surface area contributed by atoms with Crippen molar-refractivity contribution in [1.29, 1.82) is 0 Å². The Kier molecular flexibility index (Phi) is 9.30. The van der Waals surface area contributed by atoms with Crippen LogP contribution < -0.4 is 15.2 Å². The summed E-state index contributed by atoms with van der Waals surface area (Å²) in [7, 11) is -3.84. The number of nitrogens with two attached hydrogens (primary N) is 1. The number of rotatable bonds is 8. The van der Waals surface area contributed by atoms with Gasteiger partial charge in [-0.05, 0) is 30.5 Å². The molecule has 1 atom stereocenters. The lowest BCUT2D eigenvalue weighted by molar-refractivity contribution is -0.0498. The van der Waals surface area contributed by atoms with Crippen molar-refractivity contribution in [3.8, 4) is 5.75 Å². The van der Waals surface area contributed by atoms with Gasteiger partial charge in [0.05, 0.1) is 9.92 Å². The highest BCUT2D eigenvalue weighted by atomic mass is 35.5. The van der Waals surface area contributed by atoms with Crippen molar-refractivity contribution in [1.82, 2.24) is 4.72 Å². The summed E-state index contributed by atoms with van der Waals surface area (Å²) in [4.78, 5) is -0.138. The van der Waals surface area contributed by atoms with Crippen LogP contribution in [0.4, 0.5) is 8.78 Å². The molecule has 0 heterocycles. The fourth-order valence-corrected chi connectivity index (χ4v) is 3.47. The molecule has 23 heavy (non-hydrogen) atoms. The first-order valence-electron chi connectivity index (χ1n) is 6.62. The average molecular weight is 393 g/mol. The minimum absolute atomic E-state index is 0. The Balaban J connectivity index is 0.00000484. The Bertz CT molecular complexity index is 601. The van der Waals surface area contributed by atoms with E-state index in [9.17, 15) is 17.2 Å². The summed E-state index contributed by atoms with van der Waals surface area (Å²) in [5.74, 6) is -0.0187. The van der Waals surface area contributed by atoms with Crippen molar-refractivity contribution in [3.63, 3.8) is 0 Å². The summed E-state index contributed by atoms with van der Waals surface area (Å²) in [6, 6.07) is 2.88. The molecule has 0 bridgehead atoms. The first-order chi connectivity index (χ1) is 10.2. The molecule has 10 heteroatoms. The van der Waals surface area contributed by atoms with Crippen LogP contribution in [0.5, 0.6) is 5.75 Å². The zero-order valence-corrected chi connectivity index (χ0v) is 15.0. The van der Waals surface area contributed by atoms with Crippen molar-refractivity contribution >= 4 is 34.0 Å². The van der Waals surface area contributed by atoms with Gasteiger partial charge in [0.2, 0.25) is 10.0 Å². The highest BCUT2D eigenvalue weighted by molar-refractivity contribution is 7.89. The molecule has 0 spiro atoms. The number of nitrogens with one attached hydrogen (secondary N) is 1. The molecule has 1 rings (SSSR count). The standard InChI is InChI=1S/C13H19ClF2N2O3S.ClH/c1-8(2)5-9(7-17)18-22(19,20)10-3-4-12(11(14)6-10)21-13(15)16;/h3-4,6,8-9,13,18H,5,7,17H2,1-2H3;1H. The van der Waals surface area contributed by atoms with Gasteiger partial charge in [-0.25, -0.2) is 13.1 Å². The fraction of sp³-hybridized carbons (Fsp3) is 0.538. The van der Waals surface area contributed by atoms with Gasteiger partial charge in [-0.3, -0.25) is 0 Å². The molecule has 0 aliphatic heterocycles. The van der Waals surface area contributed by atoms with Gasteiger partial charge in [0.1, 0.15) is 5.75 Å². The molecule has 1 unspecified atom stereocenters. The average Bonchev–Trinajstić information content (AvgIpc) is 2.38. The number of benzene rings is 1. The number of hydrogen-bond donors (Lipinski definition) is 2. The molecule has 134 valence electrons. The van der Waals surface area contributed by atoms with Crippen molar-refractivity contribution in [2.45, 2.75) is 37.8 Å². The Morgan fingerprint density at radius 1 is 1.35 bits per heavy atom. The molecular weight excluding hydrogens is 373 g/mol. The largest absolute Gasteiger partial charge is 0.433 e. The minimum Gasteiger partial charge on any atom is -0.433 e. The van der Waals surface area contributed by atoms with Crippen LogP contribution >= 0.6 is 24.0 Å². The van der Waals surface area contributed by atoms with E-state index in [1.165, 1.54) is 0 Å². The normalized spacial score (nSPS) is 13.0. The zero-order valence-electron chi connectivity index (χ0n) is 12.6. The SMILES string of the molecule is CC(C)CC(CN)NS(=O)(=O)c1ccc(OC(F)F)c(Cl)c1.Cl. The van der Waals surface area contributed by atoms with E-state index in [2.05, 4.69) is 9.46 Å². The van der Waals surface area contributed by atoms with Gasteiger partial charge in [0, 0.05) is 12.6 Å². The summed E-state index contributed by atoms with van der Waals surface area (Å²) in [5, 5.41) is -0.212. The molecule has 0 aromatic heterocycles. The van der Waals surface area contributed by atoms with E-state index in [1.807, 2.05) is 13.8 Å². The maximum absolute atomic E-state index is 12.3. The predicted octanol–water partition coefficient (Wildman–Crippen LogP) is 3.01. The third-order valence-corrected chi connectivity index (χ3v) is 4.61. The number of alkyl halides is 2. The molecule has 0 aliphatic carbocycles. The van der Waals surface area contributed by atoms with E-state index in [0.29, 0.717) is 6.42 Å². The van der Waals surface area contributed by atoms with Gasteiger partial charge >= 0.3 is 6.61 Å². The highest BCUT2D eigenvalue weighted by Crippen LogP contribution is 2.28. The zero-order chi connectivity index (χ0) is 16.9. The third kappa shape index (κ3) is 7.17. The number of halogens is 4. The van der Waals surface area contributed by atoms with Crippen molar-refractivity contribution in [2.24, 2.45) is 11.7 Å². The second-order valence-corrected chi connectivity index (χ2v) is 7.28. The summed E-state index contributed by atoms with van der Waals surface area (Å²) in [6.07, 6.45) is 0.579. The van der Waals surface area contributed by atoms with Crippen LogP contribution in [0.15, 0.2) is 23.1 Å². The molecule has 1 aromatic rings. The maximum atomic E-state index is 12.3. The van der Waals surface area contributed by atoms with Crippen LogP contribution in [0.3, 0.4) is 0 Å². The Hall–Kier alpha value is -0.670. The number of ether oxygens (including phenoxy) is 1. The molecule has 0 aliphatic rings. The van der Waals surface area contributed by atoms with Gasteiger partial charge < -0.3 is 10.5 Å². The molecular formula is C13H20Cl2F2N2O3S. The van der Waals surface area contributed by atoms with Crippen molar-refractivity contribution in [3.05, 3.63) is 23.2 Å². The van der Waals surface area contributed by atoms with Gasteiger partial charge in [-0.15, -0.1) is 12.4 Å². The summed E-state index contributed by atoms with van der Waals surface area (Å²) in [5.41, 5.74) is 5.56. The van der Waals surface area contributed by atoms with Gasteiger partial charge in [0.25, 0.3) is 0 Å². The van der Waals surface area contributed by atoms with Crippen LogP contribution in [0, 0.1) is 5.92 Å². The molecule has 3 N–H and O–H groups in total. The molecule has 0 saturated heterocycles. The van der Waals surface area contributed by atoms with Crippen molar-refractivity contribution < 1.29 is 21.9 Å². The Morgan fingerprint density at radius 3 is 2.39 bits per heavy atom. The first kappa shape index (κ1) is 22.3. The van der Waals surface area contributed by atoms with Crippen LogP contribution in [0.25, 0.3) is 0 Å². The van der Waals surface area contributed by atoms with Crippen molar-refractivity contribution in [2.75, 3.05) is 6.54 Å². The molecule has 5 nitrogen and oxygen atoms in total.